The second kappa shape index (κ2) is 10.3. The van der Waals surface area contributed by atoms with Crippen molar-refractivity contribution in [2.75, 3.05) is 32.8 Å². The van der Waals surface area contributed by atoms with Crippen LogP contribution in [-0.2, 0) is 4.74 Å². The van der Waals surface area contributed by atoms with Gasteiger partial charge in [-0.25, -0.2) is 4.68 Å². The molecule has 1 saturated heterocycles. The monoisotopic (exact) mass is 472 g/mol. The summed E-state index contributed by atoms with van der Waals surface area (Å²) >= 11 is 1.72. The molecule has 0 saturated carbocycles. The molecule has 1 N–H and O–H groups in total. The molecule has 34 heavy (non-hydrogen) atoms. The molecular weight excluding hydrogens is 444 g/mol. The highest BCUT2D eigenvalue weighted by molar-refractivity contribution is 7.10. The summed E-state index contributed by atoms with van der Waals surface area (Å²) in [5, 5.41) is 10.1. The van der Waals surface area contributed by atoms with Crippen molar-refractivity contribution in [1.29, 1.82) is 0 Å². The zero-order chi connectivity index (χ0) is 23.3. The number of rotatable bonds is 7. The number of aromatic nitrogens is 2. The fraction of sp³-hybridized carbons (Fsp3) is 0.259. The first-order valence-electron chi connectivity index (χ1n) is 11.5. The van der Waals surface area contributed by atoms with Gasteiger partial charge in [-0.2, -0.15) is 5.10 Å². The average molecular weight is 473 g/mol. The van der Waals surface area contributed by atoms with Crippen LogP contribution in [0.15, 0.2) is 78.3 Å². The lowest BCUT2D eigenvalue weighted by molar-refractivity contribution is 0.0169. The van der Waals surface area contributed by atoms with Crippen molar-refractivity contribution < 1.29 is 9.53 Å². The molecule has 6 nitrogen and oxygen atoms in total. The first kappa shape index (κ1) is 22.5. The molecule has 1 amide bonds. The van der Waals surface area contributed by atoms with Gasteiger partial charge < -0.3 is 10.1 Å². The Kier molecular flexibility index (Phi) is 6.85. The quantitative estimate of drug-likeness (QED) is 0.423. The number of hydrogen-bond donors (Lipinski definition) is 1. The minimum atomic E-state index is -0.117. The van der Waals surface area contributed by atoms with Gasteiger partial charge >= 0.3 is 0 Å². The molecule has 1 atom stereocenters. The van der Waals surface area contributed by atoms with Gasteiger partial charge in [-0.1, -0.05) is 48.0 Å². The Balaban J connectivity index is 1.43. The largest absolute Gasteiger partial charge is 0.379 e. The van der Waals surface area contributed by atoms with Crippen LogP contribution in [-0.4, -0.2) is 53.4 Å². The molecule has 1 aliphatic heterocycles. The molecule has 0 spiro atoms. The number of morpholine rings is 1. The molecule has 0 radical (unpaired) electrons. The predicted octanol–water partition coefficient (Wildman–Crippen LogP) is 4.71. The molecular formula is C27H28N4O2S. The summed E-state index contributed by atoms with van der Waals surface area (Å²) in [5.41, 5.74) is 4.23. The van der Waals surface area contributed by atoms with Gasteiger partial charge in [0.25, 0.3) is 5.91 Å². The van der Waals surface area contributed by atoms with Crippen LogP contribution in [0.1, 0.15) is 26.8 Å². The van der Waals surface area contributed by atoms with Crippen molar-refractivity contribution in [3.63, 3.8) is 0 Å². The van der Waals surface area contributed by atoms with Crippen LogP contribution in [0, 0.1) is 6.92 Å². The van der Waals surface area contributed by atoms with Crippen molar-refractivity contribution in [1.82, 2.24) is 20.0 Å². The number of thiophene rings is 1. The second-order valence-corrected chi connectivity index (χ2v) is 9.41. The predicted molar refractivity (Wildman–Crippen MR) is 136 cm³/mol. The number of nitrogens with one attached hydrogen (secondary N) is 1. The van der Waals surface area contributed by atoms with E-state index in [1.54, 1.807) is 16.0 Å². The van der Waals surface area contributed by atoms with E-state index in [0.29, 0.717) is 17.8 Å². The Morgan fingerprint density at radius 1 is 1.09 bits per heavy atom. The summed E-state index contributed by atoms with van der Waals surface area (Å²) in [6.07, 6.45) is 1.83. The fourth-order valence-electron chi connectivity index (χ4n) is 4.32. The van der Waals surface area contributed by atoms with Crippen molar-refractivity contribution in [2.45, 2.75) is 13.0 Å². The van der Waals surface area contributed by atoms with Crippen LogP contribution < -0.4 is 5.32 Å². The molecule has 0 bridgehead atoms. The third-order valence-electron chi connectivity index (χ3n) is 6.09. The molecule has 1 aliphatic rings. The van der Waals surface area contributed by atoms with E-state index in [-0.39, 0.29) is 11.9 Å². The SMILES string of the molecule is Cc1cccc(-c2nn(-c3ccccc3)cc2C(=O)NC[C@@H](c2cccs2)N2CCOCC2)c1. The van der Waals surface area contributed by atoms with Crippen LogP contribution >= 0.6 is 11.3 Å². The molecule has 2 aromatic carbocycles. The van der Waals surface area contributed by atoms with E-state index in [1.807, 2.05) is 61.7 Å². The summed E-state index contributed by atoms with van der Waals surface area (Å²) in [4.78, 5) is 17.2. The molecule has 0 aliphatic carbocycles. The Morgan fingerprint density at radius 3 is 2.65 bits per heavy atom. The van der Waals surface area contributed by atoms with Crippen LogP contribution in [0.5, 0.6) is 0 Å². The zero-order valence-electron chi connectivity index (χ0n) is 19.2. The van der Waals surface area contributed by atoms with Crippen molar-refractivity contribution in [3.8, 4) is 16.9 Å². The first-order valence-corrected chi connectivity index (χ1v) is 12.4. The highest BCUT2D eigenvalue weighted by Crippen LogP contribution is 2.27. The highest BCUT2D eigenvalue weighted by atomic mass is 32.1. The number of carbonyl (C=O) groups excluding carboxylic acids is 1. The van der Waals surface area contributed by atoms with Crippen LogP contribution in [0.4, 0.5) is 0 Å². The van der Waals surface area contributed by atoms with Crippen LogP contribution in [0.2, 0.25) is 0 Å². The van der Waals surface area contributed by atoms with Gasteiger partial charge in [0.2, 0.25) is 0 Å². The highest BCUT2D eigenvalue weighted by Gasteiger charge is 2.25. The molecule has 2 aromatic heterocycles. The molecule has 1 fully saturated rings. The Hall–Kier alpha value is -3.26. The van der Waals surface area contributed by atoms with Gasteiger partial charge in [-0.3, -0.25) is 9.69 Å². The number of amides is 1. The van der Waals surface area contributed by atoms with Gasteiger partial charge in [-0.05, 0) is 36.6 Å². The summed E-state index contributed by atoms with van der Waals surface area (Å²) in [6.45, 7) is 5.74. The number of aryl methyl sites for hydroxylation is 1. The first-order chi connectivity index (χ1) is 16.7. The Morgan fingerprint density at radius 2 is 1.91 bits per heavy atom. The lowest BCUT2D eigenvalue weighted by Gasteiger charge is -2.34. The fourth-order valence-corrected chi connectivity index (χ4v) is 5.18. The van der Waals surface area contributed by atoms with E-state index < -0.39 is 0 Å². The molecule has 174 valence electrons. The molecule has 4 aromatic rings. The van der Waals surface area contributed by atoms with Crippen molar-refractivity contribution >= 4 is 17.2 Å². The minimum Gasteiger partial charge on any atom is -0.379 e. The average Bonchev–Trinajstić information content (AvgIpc) is 3.56. The third kappa shape index (κ3) is 4.97. The van der Waals surface area contributed by atoms with E-state index in [1.165, 1.54) is 4.88 Å². The molecule has 7 heteroatoms. The van der Waals surface area contributed by atoms with E-state index in [2.05, 4.69) is 33.8 Å². The lowest BCUT2D eigenvalue weighted by atomic mass is 10.1. The Labute approximate surface area is 203 Å². The smallest absolute Gasteiger partial charge is 0.255 e. The second-order valence-electron chi connectivity index (χ2n) is 8.43. The van der Waals surface area contributed by atoms with Gasteiger partial charge in [0, 0.05) is 36.3 Å². The van der Waals surface area contributed by atoms with Crippen LogP contribution in [0.3, 0.4) is 0 Å². The zero-order valence-corrected chi connectivity index (χ0v) is 20.0. The number of nitrogens with zero attached hydrogens (tertiary/aromatic N) is 3. The van der Waals surface area contributed by atoms with E-state index in [9.17, 15) is 4.79 Å². The maximum absolute atomic E-state index is 13.5. The summed E-state index contributed by atoms with van der Waals surface area (Å²) < 4.78 is 7.33. The molecule has 0 unspecified atom stereocenters. The number of benzene rings is 2. The normalized spacial score (nSPS) is 15.2. The minimum absolute atomic E-state index is 0.117. The molecule has 3 heterocycles. The number of carbonyl (C=O) groups is 1. The van der Waals surface area contributed by atoms with Gasteiger partial charge in [-0.15, -0.1) is 11.3 Å². The van der Waals surface area contributed by atoms with Gasteiger partial charge in [0.15, 0.2) is 0 Å². The lowest BCUT2D eigenvalue weighted by Crippen LogP contribution is -2.43. The maximum atomic E-state index is 13.5. The third-order valence-corrected chi connectivity index (χ3v) is 7.06. The summed E-state index contributed by atoms with van der Waals surface area (Å²) in [6, 6.07) is 22.3. The van der Waals surface area contributed by atoms with Crippen LogP contribution in [0.25, 0.3) is 16.9 Å². The summed E-state index contributed by atoms with van der Waals surface area (Å²) in [7, 11) is 0. The maximum Gasteiger partial charge on any atom is 0.255 e. The van der Waals surface area contributed by atoms with Gasteiger partial charge in [0.05, 0.1) is 30.5 Å². The van der Waals surface area contributed by atoms with Crippen molar-refractivity contribution in [3.05, 3.63) is 94.3 Å². The number of ether oxygens (including phenoxy) is 1. The van der Waals surface area contributed by atoms with E-state index in [0.717, 1.165) is 43.1 Å². The van der Waals surface area contributed by atoms with Gasteiger partial charge in [0.1, 0.15) is 5.69 Å². The Bertz CT molecular complexity index is 1230. The standard InChI is InChI=1S/C27H28N4O2S/c1-20-7-5-8-21(17-20)26-23(19-31(29-26)22-9-3-2-4-10-22)27(32)28-18-24(25-11-6-16-34-25)30-12-14-33-15-13-30/h2-11,16-17,19,24H,12-15,18H2,1H3,(H,28,32)/t24-/m0/s1. The topological polar surface area (TPSA) is 59.4 Å². The van der Waals surface area contributed by atoms with E-state index in [4.69, 9.17) is 9.84 Å². The number of para-hydroxylation sites is 1. The number of hydrogen-bond acceptors (Lipinski definition) is 5. The van der Waals surface area contributed by atoms with Crippen molar-refractivity contribution in [2.24, 2.45) is 0 Å². The molecule has 5 rings (SSSR count). The summed E-state index contributed by atoms with van der Waals surface area (Å²) in [5.74, 6) is -0.117. The van der Waals surface area contributed by atoms with E-state index >= 15 is 0 Å².